The van der Waals surface area contributed by atoms with E-state index in [9.17, 15) is 14.0 Å². The number of thioether (sulfide) groups is 1. The number of para-hydroxylation sites is 1. The molecule has 2 amide bonds. The molecule has 0 aliphatic heterocycles. The van der Waals surface area contributed by atoms with Crippen LogP contribution in [0, 0.1) is 5.82 Å². The number of aryl methyl sites for hydroxylation is 1. The van der Waals surface area contributed by atoms with Gasteiger partial charge in [-0.1, -0.05) is 18.2 Å². The van der Waals surface area contributed by atoms with Gasteiger partial charge in [0.25, 0.3) is 5.91 Å². The van der Waals surface area contributed by atoms with E-state index >= 15 is 0 Å². The zero-order valence-corrected chi connectivity index (χ0v) is 20.4. The molecule has 0 bridgehead atoms. The molecule has 5 aromatic rings. The van der Waals surface area contributed by atoms with Crippen LogP contribution in [0.1, 0.15) is 17.3 Å². The topological polar surface area (TPSA) is 63.1 Å². The number of hydrogen-bond donors (Lipinski definition) is 2. The van der Waals surface area contributed by atoms with Gasteiger partial charge in [0, 0.05) is 50.2 Å². The number of fused-ring (bicyclic) bond motifs is 3. The number of halogens is 1. The predicted molar refractivity (Wildman–Crippen MR) is 145 cm³/mol. The number of hydrogen-bond acceptors (Lipinski definition) is 3. The lowest BCUT2D eigenvalue weighted by molar-refractivity contribution is -0.113. The van der Waals surface area contributed by atoms with Crippen molar-refractivity contribution in [1.82, 2.24) is 4.57 Å². The van der Waals surface area contributed by atoms with Crippen LogP contribution in [0.5, 0.6) is 0 Å². The first-order valence-corrected chi connectivity index (χ1v) is 12.6. The van der Waals surface area contributed by atoms with Crippen molar-refractivity contribution in [2.75, 3.05) is 16.4 Å². The van der Waals surface area contributed by atoms with Gasteiger partial charge in [-0.3, -0.25) is 9.59 Å². The number of rotatable bonds is 7. The summed E-state index contributed by atoms with van der Waals surface area (Å²) >= 11 is 1.42. The van der Waals surface area contributed by atoms with E-state index in [1.807, 2.05) is 36.4 Å². The number of nitrogens with one attached hydrogen (secondary N) is 2. The summed E-state index contributed by atoms with van der Waals surface area (Å²) in [7, 11) is 0. The van der Waals surface area contributed by atoms with Gasteiger partial charge in [-0.2, -0.15) is 0 Å². The third-order valence-electron chi connectivity index (χ3n) is 5.96. The van der Waals surface area contributed by atoms with Crippen molar-refractivity contribution < 1.29 is 14.0 Å². The van der Waals surface area contributed by atoms with E-state index in [4.69, 9.17) is 0 Å². The molecular weight excluding hydrogens is 473 g/mol. The third kappa shape index (κ3) is 4.97. The quantitative estimate of drug-likeness (QED) is 0.240. The number of nitrogens with zero attached hydrogens (tertiary/aromatic N) is 1. The van der Waals surface area contributed by atoms with Gasteiger partial charge in [-0.15, -0.1) is 11.8 Å². The molecule has 0 saturated heterocycles. The zero-order valence-electron chi connectivity index (χ0n) is 19.6. The molecule has 0 spiro atoms. The molecule has 180 valence electrons. The van der Waals surface area contributed by atoms with Crippen molar-refractivity contribution in [2.45, 2.75) is 18.4 Å². The lowest BCUT2D eigenvalue weighted by atomic mass is 10.1. The molecule has 0 fully saturated rings. The first kappa shape index (κ1) is 23.6. The van der Waals surface area contributed by atoms with Crippen LogP contribution in [0.15, 0.2) is 95.9 Å². The Balaban J connectivity index is 1.20. The van der Waals surface area contributed by atoms with E-state index in [1.54, 1.807) is 12.1 Å². The molecule has 5 rings (SSSR count). The average molecular weight is 498 g/mol. The molecule has 1 heterocycles. The van der Waals surface area contributed by atoms with Crippen LogP contribution in [0.25, 0.3) is 21.8 Å². The van der Waals surface area contributed by atoms with Gasteiger partial charge in [0.2, 0.25) is 5.91 Å². The Morgan fingerprint density at radius 1 is 0.806 bits per heavy atom. The molecule has 0 unspecified atom stereocenters. The standard InChI is InChI=1S/C29H24FN3O2S/c1-2-33-26-6-4-3-5-24(26)25-17-22(13-16-27(25)33)31-28(34)18-36-23-14-11-21(12-15-23)32-29(35)19-7-9-20(30)10-8-19/h3-17H,2,18H2,1H3,(H,31,34)(H,32,35). The third-order valence-corrected chi connectivity index (χ3v) is 6.97. The maximum absolute atomic E-state index is 13.0. The number of carbonyl (C=O) groups is 2. The molecule has 2 N–H and O–H groups in total. The van der Waals surface area contributed by atoms with E-state index in [1.165, 1.54) is 46.9 Å². The second kappa shape index (κ2) is 10.3. The first-order valence-electron chi connectivity index (χ1n) is 11.6. The smallest absolute Gasteiger partial charge is 0.255 e. The van der Waals surface area contributed by atoms with E-state index in [0.29, 0.717) is 11.3 Å². The Bertz CT molecular complexity index is 1560. The minimum atomic E-state index is -0.387. The highest BCUT2D eigenvalue weighted by Gasteiger charge is 2.11. The summed E-state index contributed by atoms with van der Waals surface area (Å²) in [6.45, 7) is 3.01. The molecule has 4 aromatic carbocycles. The van der Waals surface area contributed by atoms with Gasteiger partial charge < -0.3 is 15.2 Å². The summed E-state index contributed by atoms with van der Waals surface area (Å²) in [6.07, 6.45) is 0. The Labute approximate surface area is 212 Å². The molecular formula is C29H24FN3O2S. The Morgan fingerprint density at radius 3 is 2.25 bits per heavy atom. The molecule has 0 aliphatic carbocycles. The Kier molecular flexibility index (Phi) is 6.73. The van der Waals surface area contributed by atoms with Crippen LogP contribution in [0.4, 0.5) is 15.8 Å². The van der Waals surface area contributed by atoms with Crippen LogP contribution in [-0.2, 0) is 11.3 Å². The van der Waals surface area contributed by atoms with Crippen LogP contribution in [-0.4, -0.2) is 22.1 Å². The fraction of sp³-hybridized carbons (Fsp3) is 0.103. The summed E-state index contributed by atoms with van der Waals surface area (Å²) in [5, 5.41) is 8.08. The SMILES string of the molecule is CCn1c2ccccc2c2cc(NC(=O)CSc3ccc(NC(=O)c4ccc(F)cc4)cc3)ccc21. The summed E-state index contributed by atoms with van der Waals surface area (Å²) < 4.78 is 15.3. The van der Waals surface area contributed by atoms with Gasteiger partial charge in [0.15, 0.2) is 0 Å². The van der Waals surface area contributed by atoms with Crippen molar-refractivity contribution in [3.05, 3.63) is 102 Å². The van der Waals surface area contributed by atoms with Gasteiger partial charge in [-0.05, 0) is 79.7 Å². The molecule has 0 atom stereocenters. The van der Waals surface area contributed by atoms with Crippen molar-refractivity contribution in [3.63, 3.8) is 0 Å². The van der Waals surface area contributed by atoms with Crippen molar-refractivity contribution in [3.8, 4) is 0 Å². The molecule has 1 aromatic heterocycles. The normalized spacial score (nSPS) is 11.1. The second-order valence-electron chi connectivity index (χ2n) is 8.32. The predicted octanol–water partition coefficient (Wildman–Crippen LogP) is 6.94. The summed E-state index contributed by atoms with van der Waals surface area (Å²) in [5.41, 5.74) is 4.11. The second-order valence-corrected chi connectivity index (χ2v) is 9.36. The van der Waals surface area contributed by atoms with Crippen LogP contribution < -0.4 is 10.6 Å². The Hall–Kier alpha value is -4.10. The Morgan fingerprint density at radius 2 is 1.50 bits per heavy atom. The highest BCUT2D eigenvalue weighted by atomic mass is 32.2. The van der Waals surface area contributed by atoms with Gasteiger partial charge in [-0.25, -0.2) is 4.39 Å². The number of aromatic nitrogens is 1. The number of anilines is 2. The molecule has 5 nitrogen and oxygen atoms in total. The fourth-order valence-electron chi connectivity index (χ4n) is 4.26. The molecule has 36 heavy (non-hydrogen) atoms. The van der Waals surface area contributed by atoms with Crippen molar-refractivity contribution >= 4 is 56.8 Å². The summed E-state index contributed by atoms with van der Waals surface area (Å²) in [4.78, 5) is 25.8. The lowest BCUT2D eigenvalue weighted by Gasteiger charge is -2.08. The molecule has 0 radical (unpaired) electrons. The minimum absolute atomic E-state index is 0.0905. The van der Waals surface area contributed by atoms with Crippen LogP contribution in [0.2, 0.25) is 0 Å². The van der Waals surface area contributed by atoms with E-state index in [2.05, 4.69) is 40.3 Å². The first-order chi connectivity index (χ1) is 17.5. The molecule has 0 saturated carbocycles. The van der Waals surface area contributed by atoms with Crippen LogP contribution >= 0.6 is 11.8 Å². The lowest BCUT2D eigenvalue weighted by Crippen LogP contribution is -2.14. The molecule has 0 aliphatic rings. The van der Waals surface area contributed by atoms with Gasteiger partial charge >= 0.3 is 0 Å². The largest absolute Gasteiger partial charge is 0.341 e. The van der Waals surface area contributed by atoms with E-state index < -0.39 is 0 Å². The van der Waals surface area contributed by atoms with Crippen molar-refractivity contribution in [2.24, 2.45) is 0 Å². The maximum atomic E-state index is 13.0. The highest BCUT2D eigenvalue weighted by molar-refractivity contribution is 8.00. The summed E-state index contributed by atoms with van der Waals surface area (Å²) in [5.74, 6) is -0.529. The van der Waals surface area contributed by atoms with E-state index in [0.717, 1.165) is 28.0 Å². The van der Waals surface area contributed by atoms with Gasteiger partial charge in [0.05, 0.1) is 5.75 Å². The number of amides is 2. The van der Waals surface area contributed by atoms with E-state index in [-0.39, 0.29) is 23.4 Å². The van der Waals surface area contributed by atoms with Gasteiger partial charge in [0.1, 0.15) is 5.82 Å². The maximum Gasteiger partial charge on any atom is 0.255 e. The summed E-state index contributed by atoms with van der Waals surface area (Å²) in [6, 6.07) is 27.0. The van der Waals surface area contributed by atoms with Crippen molar-refractivity contribution in [1.29, 1.82) is 0 Å². The fourth-order valence-corrected chi connectivity index (χ4v) is 4.96. The molecule has 7 heteroatoms. The number of carbonyl (C=O) groups excluding carboxylic acids is 2. The number of benzene rings is 4. The minimum Gasteiger partial charge on any atom is -0.341 e. The zero-order chi connectivity index (χ0) is 25.1. The average Bonchev–Trinajstić information content (AvgIpc) is 3.21. The highest BCUT2D eigenvalue weighted by Crippen LogP contribution is 2.31. The monoisotopic (exact) mass is 497 g/mol. The van der Waals surface area contributed by atoms with Crippen LogP contribution in [0.3, 0.4) is 0 Å².